The number of ether oxygens (including phenoxy) is 2. The Bertz CT molecular complexity index is 1270. The zero-order chi connectivity index (χ0) is 39.2. The van der Waals surface area contributed by atoms with Crippen LogP contribution in [0.2, 0.25) is 0 Å². The van der Waals surface area contributed by atoms with Crippen molar-refractivity contribution in [1.29, 1.82) is 0 Å². The fourth-order valence-electron chi connectivity index (χ4n) is 4.51. The Balaban J connectivity index is 2.14. The van der Waals surface area contributed by atoms with Crippen LogP contribution in [0.5, 0.6) is 0 Å². The van der Waals surface area contributed by atoms with Gasteiger partial charge in [0.2, 0.25) is 11.8 Å². The minimum Gasteiger partial charge on any atom is -0.444 e. The van der Waals surface area contributed by atoms with E-state index in [0.29, 0.717) is 10.1 Å². The van der Waals surface area contributed by atoms with Crippen LogP contribution in [0, 0.1) is 0 Å². The van der Waals surface area contributed by atoms with Crippen LogP contribution in [0.25, 0.3) is 0 Å². The van der Waals surface area contributed by atoms with E-state index in [1.165, 1.54) is 9.80 Å². The number of alkyl carbamates (subject to hydrolysis) is 2. The Kier molecular flexibility index (Phi) is 15.9. The van der Waals surface area contributed by atoms with Gasteiger partial charge in [0.15, 0.2) is 0 Å². The monoisotopic (exact) mass is 740 g/mol. The van der Waals surface area contributed by atoms with Crippen molar-refractivity contribution in [2.75, 3.05) is 39.3 Å². The number of imide groups is 2. The van der Waals surface area contributed by atoms with Gasteiger partial charge in [0.1, 0.15) is 11.2 Å². The lowest BCUT2D eigenvalue weighted by Gasteiger charge is -2.28. The van der Waals surface area contributed by atoms with Crippen LogP contribution in [-0.4, -0.2) is 130 Å². The maximum atomic E-state index is 13.3. The van der Waals surface area contributed by atoms with Crippen molar-refractivity contribution in [2.24, 2.45) is 0 Å². The largest absolute Gasteiger partial charge is 0.444 e. The molecule has 20 heteroatoms. The molecule has 2 saturated heterocycles. The lowest BCUT2D eigenvalue weighted by atomic mass is 10.2. The van der Waals surface area contributed by atoms with Crippen molar-refractivity contribution in [3.8, 4) is 0 Å². The number of amides is 8. The molecule has 0 aromatic carbocycles. The third-order valence-corrected chi connectivity index (χ3v) is 6.93. The first-order valence-electron chi connectivity index (χ1n) is 16.8. The van der Waals surface area contributed by atoms with E-state index in [1.54, 1.807) is 41.5 Å². The lowest BCUT2D eigenvalue weighted by Crippen LogP contribution is -2.44. The third-order valence-electron chi connectivity index (χ3n) is 6.93. The Morgan fingerprint density at radius 1 is 0.538 bits per heavy atom. The second-order valence-electron chi connectivity index (χ2n) is 13.7. The van der Waals surface area contributed by atoms with Crippen LogP contribution in [0.3, 0.4) is 0 Å². The van der Waals surface area contributed by atoms with E-state index >= 15 is 0 Å². The van der Waals surface area contributed by atoms with E-state index in [2.05, 4.69) is 10.6 Å². The van der Waals surface area contributed by atoms with Gasteiger partial charge in [-0.05, 0) is 41.5 Å². The van der Waals surface area contributed by atoms with Crippen LogP contribution in [0.15, 0.2) is 0 Å². The zero-order valence-corrected chi connectivity index (χ0v) is 30.4. The van der Waals surface area contributed by atoms with Crippen molar-refractivity contribution in [3.63, 3.8) is 0 Å². The summed E-state index contributed by atoms with van der Waals surface area (Å²) in [5.41, 5.74) is -1.58. The molecule has 0 radical (unpaired) electrons. The highest BCUT2D eigenvalue weighted by molar-refractivity contribution is 6.02. The first-order chi connectivity index (χ1) is 24.1. The number of nitrogens with one attached hydrogen (secondary N) is 2. The van der Waals surface area contributed by atoms with Gasteiger partial charge in [-0.2, -0.15) is 0 Å². The standard InChI is InChI=1S/C32H48N6O14/c1-31(2,3)49-29(47)33-15-11-21(39)35(17-13-27(45)51-37-23(41)7-8-24(37)42)19-20-36(22(40)12-16-34-30(48)50-32(4,5)6)18-14-28(46)52-38-25(43)9-10-26(38)44/h7-20H2,1-6H3,(H,33,47)(H,34,48). The van der Waals surface area contributed by atoms with Gasteiger partial charge in [-0.1, -0.05) is 0 Å². The first kappa shape index (κ1) is 42.9. The minimum absolute atomic E-state index is 0.114. The number of hydrogen-bond acceptors (Lipinski definition) is 14. The van der Waals surface area contributed by atoms with E-state index in [4.69, 9.17) is 19.1 Å². The molecular formula is C32H48N6O14. The number of nitrogens with zero attached hydrogens (tertiary/aromatic N) is 4. The van der Waals surface area contributed by atoms with Crippen molar-refractivity contribution in [2.45, 2.75) is 104 Å². The molecule has 0 unspecified atom stereocenters. The number of carbonyl (C=O) groups is 10. The summed E-state index contributed by atoms with van der Waals surface area (Å²) in [6.07, 6.45) is -3.42. The number of rotatable bonds is 17. The molecule has 0 aromatic heterocycles. The molecule has 0 atom stereocenters. The summed E-state index contributed by atoms with van der Waals surface area (Å²) in [5, 5.41) is 5.64. The van der Waals surface area contributed by atoms with Crippen LogP contribution in [0.4, 0.5) is 9.59 Å². The van der Waals surface area contributed by atoms with Gasteiger partial charge in [-0.25, -0.2) is 19.2 Å². The Morgan fingerprint density at radius 3 is 1.13 bits per heavy atom. The molecule has 0 aromatic rings. The number of carbonyl (C=O) groups excluding carboxylic acids is 10. The predicted octanol–water partition coefficient (Wildman–Crippen LogP) is 0.468. The summed E-state index contributed by atoms with van der Waals surface area (Å²) in [7, 11) is 0. The lowest BCUT2D eigenvalue weighted by molar-refractivity contribution is -0.197. The van der Waals surface area contributed by atoms with Crippen LogP contribution in [-0.2, 0) is 57.5 Å². The molecule has 290 valence electrons. The SMILES string of the molecule is CC(C)(C)OC(=O)NCCC(=O)N(CCC(=O)ON1C(=O)CCC1=O)CCN(CCC(=O)ON1C(=O)CCC1=O)C(=O)CCNC(=O)OC(C)(C)C. The van der Waals surface area contributed by atoms with Gasteiger partial charge >= 0.3 is 24.1 Å². The van der Waals surface area contributed by atoms with Crippen molar-refractivity contribution in [1.82, 2.24) is 30.6 Å². The number of hydroxylamine groups is 4. The molecule has 2 N–H and O–H groups in total. The Morgan fingerprint density at radius 2 is 0.846 bits per heavy atom. The molecule has 0 aliphatic carbocycles. The minimum atomic E-state index is -0.983. The molecule has 52 heavy (non-hydrogen) atoms. The summed E-state index contributed by atoms with van der Waals surface area (Å²) < 4.78 is 10.3. The molecule has 2 fully saturated rings. The highest BCUT2D eigenvalue weighted by Crippen LogP contribution is 2.15. The first-order valence-corrected chi connectivity index (χ1v) is 16.8. The van der Waals surface area contributed by atoms with E-state index in [0.717, 1.165) is 0 Å². The molecule has 2 heterocycles. The van der Waals surface area contributed by atoms with Crippen LogP contribution < -0.4 is 10.6 Å². The molecule has 2 aliphatic heterocycles. The highest BCUT2D eigenvalue weighted by Gasteiger charge is 2.34. The quantitative estimate of drug-likeness (QED) is 0.193. The van der Waals surface area contributed by atoms with Gasteiger partial charge in [0, 0.05) is 77.8 Å². The van der Waals surface area contributed by atoms with E-state index in [1.807, 2.05) is 0 Å². The Hall–Kier alpha value is -5.30. The summed E-state index contributed by atoms with van der Waals surface area (Å²) in [6, 6.07) is 0. The van der Waals surface area contributed by atoms with E-state index in [-0.39, 0.29) is 77.8 Å². The highest BCUT2D eigenvalue weighted by atomic mass is 16.7. The second kappa shape index (κ2) is 19.3. The second-order valence-corrected chi connectivity index (χ2v) is 13.7. The molecule has 0 bridgehead atoms. The summed E-state index contributed by atoms with van der Waals surface area (Å²) >= 11 is 0. The normalized spacial score (nSPS) is 14.6. The van der Waals surface area contributed by atoms with E-state index < -0.39 is 83.6 Å². The zero-order valence-electron chi connectivity index (χ0n) is 30.4. The molecule has 0 spiro atoms. The van der Waals surface area contributed by atoms with Gasteiger partial charge in [-0.3, -0.25) is 28.8 Å². The summed E-state index contributed by atoms with van der Waals surface area (Å²) in [4.78, 5) is 135. The van der Waals surface area contributed by atoms with Crippen molar-refractivity contribution in [3.05, 3.63) is 0 Å². The maximum Gasteiger partial charge on any atom is 0.407 e. The molecule has 2 rings (SSSR count). The average molecular weight is 741 g/mol. The van der Waals surface area contributed by atoms with Crippen LogP contribution in [0.1, 0.15) is 92.9 Å². The molecular weight excluding hydrogens is 692 g/mol. The van der Waals surface area contributed by atoms with Gasteiger partial charge in [0.05, 0.1) is 12.8 Å². The number of hydrogen-bond donors (Lipinski definition) is 2. The fourth-order valence-corrected chi connectivity index (χ4v) is 4.51. The maximum absolute atomic E-state index is 13.3. The molecule has 0 saturated carbocycles. The van der Waals surface area contributed by atoms with E-state index in [9.17, 15) is 47.9 Å². The molecule has 8 amide bonds. The average Bonchev–Trinajstić information content (AvgIpc) is 3.50. The Labute approximate surface area is 300 Å². The smallest absolute Gasteiger partial charge is 0.407 e. The third kappa shape index (κ3) is 15.7. The van der Waals surface area contributed by atoms with Gasteiger partial charge in [0.25, 0.3) is 23.6 Å². The predicted molar refractivity (Wildman–Crippen MR) is 174 cm³/mol. The topological polar surface area (TPSA) is 245 Å². The molecule has 2 aliphatic rings. The van der Waals surface area contributed by atoms with Crippen LogP contribution >= 0.6 is 0 Å². The summed E-state index contributed by atoms with van der Waals surface area (Å²) in [5.74, 6) is -5.85. The van der Waals surface area contributed by atoms with Gasteiger partial charge < -0.3 is 39.6 Å². The fraction of sp³-hybridized carbons (Fsp3) is 0.688. The van der Waals surface area contributed by atoms with Gasteiger partial charge in [-0.15, -0.1) is 10.1 Å². The molecule has 20 nitrogen and oxygen atoms in total. The summed E-state index contributed by atoms with van der Waals surface area (Å²) in [6.45, 7) is 8.68. The van der Waals surface area contributed by atoms with Crippen molar-refractivity contribution >= 4 is 59.6 Å². The van der Waals surface area contributed by atoms with Crippen molar-refractivity contribution < 1.29 is 67.1 Å².